The molecule has 1 fully saturated rings. The molecule has 0 atom stereocenters. The number of rotatable bonds is 9. The maximum Gasteiger partial charge on any atom is 0.238 e. The van der Waals surface area contributed by atoms with Gasteiger partial charge in [0.25, 0.3) is 0 Å². The molecule has 0 saturated carbocycles. The van der Waals surface area contributed by atoms with Crippen LogP contribution in [0, 0.1) is 0 Å². The van der Waals surface area contributed by atoms with Gasteiger partial charge in [0, 0.05) is 106 Å². The van der Waals surface area contributed by atoms with Gasteiger partial charge in [0.05, 0.1) is 26.2 Å². The summed E-state index contributed by atoms with van der Waals surface area (Å²) in [6.45, 7) is 5.60. The third kappa shape index (κ3) is 11.2. The summed E-state index contributed by atoms with van der Waals surface area (Å²) < 4.78 is 0. The van der Waals surface area contributed by atoms with Crippen molar-refractivity contribution in [2.75, 3.05) is 126 Å². The van der Waals surface area contributed by atoms with Crippen LogP contribution in [-0.4, -0.2) is 179 Å². The zero-order valence-electron chi connectivity index (χ0n) is 27.3. The molecule has 44 heavy (non-hydrogen) atoms. The zero-order valence-corrected chi connectivity index (χ0v) is 27.3. The quantitative estimate of drug-likeness (QED) is 0.432. The highest BCUT2D eigenvalue weighted by atomic mass is 16.2. The van der Waals surface area contributed by atoms with Crippen molar-refractivity contribution in [3.8, 4) is 0 Å². The molecular formula is C32H50N8O4. The van der Waals surface area contributed by atoms with Crippen molar-refractivity contribution < 1.29 is 19.2 Å². The molecule has 242 valence electrons. The minimum Gasteiger partial charge on any atom is -0.348 e. The van der Waals surface area contributed by atoms with Crippen LogP contribution in [0.3, 0.4) is 0 Å². The second-order valence-electron chi connectivity index (χ2n) is 12.0. The van der Waals surface area contributed by atoms with Gasteiger partial charge >= 0.3 is 0 Å². The number of hydrogen-bond acceptors (Lipinski definition) is 8. The van der Waals surface area contributed by atoms with Crippen molar-refractivity contribution in [2.45, 2.75) is 0 Å². The average Bonchev–Trinajstić information content (AvgIpc) is 2.98. The number of carbonyl (C=O) groups excluding carboxylic acids is 4. The molecule has 0 aliphatic carbocycles. The molecule has 0 unspecified atom stereocenters. The molecule has 2 aromatic rings. The molecule has 0 radical (unpaired) electrons. The van der Waals surface area contributed by atoms with Crippen molar-refractivity contribution in [2.24, 2.45) is 0 Å². The van der Waals surface area contributed by atoms with E-state index >= 15 is 0 Å². The highest BCUT2D eigenvalue weighted by molar-refractivity contribution is 6.02. The summed E-state index contributed by atoms with van der Waals surface area (Å²) in [5.41, 5.74) is 0.770. The van der Waals surface area contributed by atoms with E-state index in [1.54, 1.807) is 57.0 Å². The number of likely N-dealkylation sites (N-methyl/N-ethyl adjacent to an activating group) is 3. The third-order valence-electron chi connectivity index (χ3n) is 7.93. The van der Waals surface area contributed by atoms with E-state index in [9.17, 15) is 19.2 Å². The van der Waals surface area contributed by atoms with Crippen molar-refractivity contribution in [3.05, 3.63) is 42.5 Å². The van der Waals surface area contributed by atoms with Gasteiger partial charge in [-0.2, -0.15) is 0 Å². The van der Waals surface area contributed by atoms with Crippen LogP contribution < -0.4 is 5.32 Å². The first kappa shape index (κ1) is 34.9. The van der Waals surface area contributed by atoms with Crippen LogP contribution in [0.2, 0.25) is 0 Å². The lowest BCUT2D eigenvalue weighted by molar-refractivity contribution is -0.132. The number of nitrogens with one attached hydrogen (secondary N) is 1. The summed E-state index contributed by atoms with van der Waals surface area (Å²) in [4.78, 5) is 64.5. The SMILES string of the molecule is CN(C)C(=O)CN1CCN(CC(=O)Nc2cccc3ccccc23)CCN(CC(=O)N(C)C)CCN(CC(=O)N(C)C)CC1. The van der Waals surface area contributed by atoms with Crippen LogP contribution in [0.4, 0.5) is 5.69 Å². The van der Waals surface area contributed by atoms with Crippen LogP contribution in [0.5, 0.6) is 0 Å². The van der Waals surface area contributed by atoms with Gasteiger partial charge in [-0.15, -0.1) is 0 Å². The van der Waals surface area contributed by atoms with Crippen molar-refractivity contribution in [3.63, 3.8) is 0 Å². The number of fused-ring (bicyclic) bond motifs is 1. The van der Waals surface area contributed by atoms with Crippen molar-refractivity contribution in [1.82, 2.24) is 34.3 Å². The van der Waals surface area contributed by atoms with Gasteiger partial charge < -0.3 is 20.0 Å². The minimum absolute atomic E-state index is 0.00151. The van der Waals surface area contributed by atoms with E-state index in [-0.39, 0.29) is 49.8 Å². The number of nitrogens with zero attached hydrogens (tertiary/aromatic N) is 7. The first-order chi connectivity index (χ1) is 20.9. The van der Waals surface area contributed by atoms with Gasteiger partial charge in [-0.3, -0.25) is 38.8 Å². The van der Waals surface area contributed by atoms with E-state index < -0.39 is 0 Å². The van der Waals surface area contributed by atoms with Crippen LogP contribution in [0.25, 0.3) is 10.8 Å². The number of carbonyl (C=O) groups is 4. The molecule has 0 spiro atoms. The third-order valence-corrected chi connectivity index (χ3v) is 7.93. The predicted octanol–water partition coefficient (Wildman–Crippen LogP) is 0.265. The standard InChI is InChI=1S/C32H50N8O4/c1-34(2)30(42)23-38-16-14-37(22-29(41)33-28-13-9-11-26-10-7-8-12-27(26)28)15-17-39(24-31(43)35(3)4)19-21-40(20-18-38)25-32(44)36(5)6/h7-13H,14-25H2,1-6H3,(H,33,41). The molecule has 4 amide bonds. The van der Waals surface area contributed by atoms with Crippen LogP contribution in [0.15, 0.2) is 42.5 Å². The monoisotopic (exact) mass is 610 g/mol. The maximum atomic E-state index is 13.4. The van der Waals surface area contributed by atoms with E-state index in [0.717, 1.165) is 16.5 Å². The Morgan fingerprint density at radius 1 is 0.545 bits per heavy atom. The van der Waals surface area contributed by atoms with Gasteiger partial charge in [0.15, 0.2) is 0 Å². The fraction of sp³-hybridized carbons (Fsp3) is 0.562. The largest absolute Gasteiger partial charge is 0.348 e. The number of hydrogen-bond donors (Lipinski definition) is 1. The Morgan fingerprint density at radius 2 is 0.909 bits per heavy atom. The number of amides is 4. The molecule has 12 heteroatoms. The number of benzene rings is 2. The van der Waals surface area contributed by atoms with Gasteiger partial charge in [-0.25, -0.2) is 0 Å². The molecule has 1 aliphatic heterocycles. The normalized spacial score (nSPS) is 16.5. The highest BCUT2D eigenvalue weighted by Gasteiger charge is 2.22. The lowest BCUT2D eigenvalue weighted by Gasteiger charge is -2.34. The van der Waals surface area contributed by atoms with Crippen molar-refractivity contribution >= 4 is 40.1 Å². The summed E-state index contributed by atoms with van der Waals surface area (Å²) in [7, 11) is 10.5. The Morgan fingerprint density at radius 3 is 1.32 bits per heavy atom. The molecular weight excluding hydrogens is 560 g/mol. The number of anilines is 1. The molecule has 3 rings (SSSR count). The van der Waals surface area contributed by atoms with Crippen molar-refractivity contribution in [1.29, 1.82) is 0 Å². The van der Waals surface area contributed by atoms with Crippen LogP contribution >= 0.6 is 0 Å². The molecule has 1 aliphatic rings. The first-order valence-corrected chi connectivity index (χ1v) is 15.2. The topological polar surface area (TPSA) is 103 Å². The second kappa shape index (κ2) is 17.0. The summed E-state index contributed by atoms with van der Waals surface area (Å²) in [6.07, 6.45) is 0. The van der Waals surface area contributed by atoms with E-state index in [1.165, 1.54) is 0 Å². The minimum atomic E-state index is -0.117. The average molecular weight is 611 g/mol. The Balaban J connectivity index is 1.79. The smallest absolute Gasteiger partial charge is 0.238 e. The Kier molecular flexibility index (Phi) is 13.5. The van der Waals surface area contributed by atoms with Gasteiger partial charge in [0.2, 0.25) is 23.6 Å². The molecule has 12 nitrogen and oxygen atoms in total. The highest BCUT2D eigenvalue weighted by Crippen LogP contribution is 2.22. The molecule has 1 heterocycles. The van der Waals surface area contributed by atoms with Crippen LogP contribution in [-0.2, 0) is 19.2 Å². The molecule has 0 aromatic heterocycles. The lowest BCUT2D eigenvalue weighted by Crippen LogP contribution is -2.51. The Labute approximate surface area is 262 Å². The maximum absolute atomic E-state index is 13.4. The summed E-state index contributed by atoms with van der Waals surface area (Å²) in [5.74, 6) is -0.107. The lowest BCUT2D eigenvalue weighted by atomic mass is 10.1. The van der Waals surface area contributed by atoms with Gasteiger partial charge in [0.1, 0.15) is 0 Å². The first-order valence-electron chi connectivity index (χ1n) is 15.2. The van der Waals surface area contributed by atoms with E-state index in [4.69, 9.17) is 0 Å². The second-order valence-corrected chi connectivity index (χ2v) is 12.0. The fourth-order valence-corrected chi connectivity index (χ4v) is 4.94. The van der Waals surface area contributed by atoms with Gasteiger partial charge in [-0.1, -0.05) is 36.4 Å². The Hall–Kier alpha value is -3.58. The molecule has 2 aromatic carbocycles. The Bertz CT molecular complexity index is 1220. The van der Waals surface area contributed by atoms with E-state index in [2.05, 4.69) is 24.9 Å². The van der Waals surface area contributed by atoms with Crippen LogP contribution in [0.1, 0.15) is 0 Å². The molecule has 1 saturated heterocycles. The zero-order chi connectivity index (χ0) is 32.2. The molecule has 0 bridgehead atoms. The van der Waals surface area contributed by atoms with E-state index in [0.29, 0.717) is 52.4 Å². The summed E-state index contributed by atoms with van der Waals surface area (Å²) >= 11 is 0. The molecule has 1 N–H and O–H groups in total. The fourth-order valence-electron chi connectivity index (χ4n) is 4.94. The van der Waals surface area contributed by atoms with E-state index in [1.807, 2.05) is 42.5 Å². The summed E-state index contributed by atoms with van der Waals surface area (Å²) in [5, 5.41) is 5.13. The summed E-state index contributed by atoms with van der Waals surface area (Å²) in [6, 6.07) is 13.8. The predicted molar refractivity (Wildman–Crippen MR) is 174 cm³/mol. The van der Waals surface area contributed by atoms with Gasteiger partial charge in [-0.05, 0) is 11.5 Å².